The summed E-state index contributed by atoms with van der Waals surface area (Å²) in [7, 11) is -0.841. The van der Waals surface area contributed by atoms with E-state index in [2.05, 4.69) is 0 Å². The van der Waals surface area contributed by atoms with Crippen LogP contribution in [0, 0.1) is 0 Å². The van der Waals surface area contributed by atoms with Gasteiger partial charge in [0, 0.05) is 23.1 Å². The van der Waals surface area contributed by atoms with E-state index in [0.29, 0.717) is 12.3 Å². The van der Waals surface area contributed by atoms with E-state index in [0.717, 1.165) is 5.56 Å². The standard InChI is InChI=1S/C10H15NOS/c1-9(13(12)8-7-11)10-5-3-2-4-6-10/h2-6,9H,7-8,11H2,1H3. The predicted octanol–water partition coefficient (Wildman–Crippen LogP) is 1.46. The van der Waals surface area contributed by atoms with Crippen molar-refractivity contribution < 1.29 is 4.21 Å². The molecule has 0 fully saturated rings. The zero-order valence-corrected chi connectivity index (χ0v) is 8.59. The molecular weight excluding hydrogens is 182 g/mol. The van der Waals surface area contributed by atoms with Crippen LogP contribution in [0.25, 0.3) is 0 Å². The molecule has 72 valence electrons. The third-order valence-corrected chi connectivity index (χ3v) is 3.68. The Morgan fingerprint density at radius 1 is 1.38 bits per heavy atom. The molecule has 1 aromatic carbocycles. The van der Waals surface area contributed by atoms with Crippen molar-refractivity contribution in [3.05, 3.63) is 35.9 Å². The van der Waals surface area contributed by atoms with Gasteiger partial charge in [-0.2, -0.15) is 0 Å². The van der Waals surface area contributed by atoms with Crippen LogP contribution >= 0.6 is 0 Å². The van der Waals surface area contributed by atoms with Gasteiger partial charge in [0.05, 0.1) is 5.25 Å². The Morgan fingerprint density at radius 2 is 2.00 bits per heavy atom. The van der Waals surface area contributed by atoms with Crippen molar-refractivity contribution in [1.29, 1.82) is 0 Å². The van der Waals surface area contributed by atoms with Gasteiger partial charge in [-0.05, 0) is 12.5 Å². The second kappa shape index (κ2) is 5.14. The first-order valence-electron chi connectivity index (χ1n) is 4.38. The van der Waals surface area contributed by atoms with Gasteiger partial charge in [0.2, 0.25) is 0 Å². The first-order chi connectivity index (χ1) is 6.25. The molecule has 13 heavy (non-hydrogen) atoms. The molecule has 1 aromatic rings. The highest BCUT2D eigenvalue weighted by molar-refractivity contribution is 7.85. The van der Waals surface area contributed by atoms with Gasteiger partial charge in [0.15, 0.2) is 0 Å². The fourth-order valence-electron chi connectivity index (χ4n) is 1.17. The Labute approximate surface area is 81.6 Å². The van der Waals surface area contributed by atoms with Gasteiger partial charge >= 0.3 is 0 Å². The molecule has 0 heterocycles. The fraction of sp³-hybridized carbons (Fsp3) is 0.400. The summed E-state index contributed by atoms with van der Waals surface area (Å²) in [4.78, 5) is 0. The molecule has 0 spiro atoms. The molecule has 2 nitrogen and oxygen atoms in total. The van der Waals surface area contributed by atoms with Crippen molar-refractivity contribution in [2.75, 3.05) is 12.3 Å². The van der Waals surface area contributed by atoms with Crippen molar-refractivity contribution >= 4 is 10.8 Å². The van der Waals surface area contributed by atoms with Crippen LogP contribution in [0.4, 0.5) is 0 Å². The molecule has 2 atom stereocenters. The quantitative estimate of drug-likeness (QED) is 0.794. The summed E-state index contributed by atoms with van der Waals surface area (Å²) in [6.45, 7) is 2.46. The van der Waals surface area contributed by atoms with E-state index in [1.807, 2.05) is 37.3 Å². The average molecular weight is 197 g/mol. The van der Waals surface area contributed by atoms with Crippen LogP contribution in [-0.4, -0.2) is 16.5 Å². The number of hydrogen-bond acceptors (Lipinski definition) is 2. The number of nitrogens with two attached hydrogens (primary N) is 1. The molecule has 1 rings (SSSR count). The van der Waals surface area contributed by atoms with Gasteiger partial charge < -0.3 is 5.73 Å². The normalized spacial score (nSPS) is 15.2. The molecule has 0 radical (unpaired) electrons. The van der Waals surface area contributed by atoms with Crippen LogP contribution in [0.15, 0.2) is 30.3 Å². The Kier molecular flexibility index (Phi) is 4.12. The molecule has 3 heteroatoms. The summed E-state index contributed by atoms with van der Waals surface area (Å²) in [6.07, 6.45) is 0. The van der Waals surface area contributed by atoms with Gasteiger partial charge in [-0.1, -0.05) is 30.3 Å². The van der Waals surface area contributed by atoms with Crippen LogP contribution in [0.3, 0.4) is 0 Å². The van der Waals surface area contributed by atoms with Gasteiger partial charge in [0.25, 0.3) is 0 Å². The van der Waals surface area contributed by atoms with Crippen LogP contribution in [0.2, 0.25) is 0 Å². The Morgan fingerprint density at radius 3 is 2.54 bits per heavy atom. The summed E-state index contributed by atoms with van der Waals surface area (Å²) in [5.74, 6) is 0.579. The van der Waals surface area contributed by atoms with E-state index in [-0.39, 0.29) is 5.25 Å². The third kappa shape index (κ3) is 2.94. The largest absolute Gasteiger partial charge is 0.330 e. The molecule has 0 amide bonds. The van der Waals surface area contributed by atoms with Crippen LogP contribution in [0.5, 0.6) is 0 Å². The highest BCUT2D eigenvalue weighted by Crippen LogP contribution is 2.18. The SMILES string of the molecule is CC(c1ccccc1)S(=O)CCN. The van der Waals surface area contributed by atoms with Crippen LogP contribution < -0.4 is 5.73 Å². The van der Waals surface area contributed by atoms with Gasteiger partial charge in [-0.25, -0.2) is 0 Å². The number of rotatable bonds is 4. The average Bonchev–Trinajstić information content (AvgIpc) is 2.18. The van der Waals surface area contributed by atoms with Crippen molar-refractivity contribution in [2.24, 2.45) is 5.73 Å². The smallest absolute Gasteiger partial charge is 0.0569 e. The lowest BCUT2D eigenvalue weighted by molar-refractivity contribution is 0.675. The van der Waals surface area contributed by atoms with Crippen molar-refractivity contribution in [2.45, 2.75) is 12.2 Å². The van der Waals surface area contributed by atoms with Gasteiger partial charge in [0.1, 0.15) is 0 Å². The molecule has 2 unspecified atom stereocenters. The maximum absolute atomic E-state index is 11.6. The van der Waals surface area contributed by atoms with E-state index in [1.54, 1.807) is 0 Å². The second-order valence-electron chi connectivity index (χ2n) is 2.93. The highest BCUT2D eigenvalue weighted by Gasteiger charge is 2.11. The minimum absolute atomic E-state index is 0.0877. The zero-order chi connectivity index (χ0) is 9.68. The zero-order valence-electron chi connectivity index (χ0n) is 7.77. The molecular formula is C10H15NOS. The van der Waals surface area contributed by atoms with E-state index in [1.165, 1.54) is 0 Å². The van der Waals surface area contributed by atoms with Crippen molar-refractivity contribution in [1.82, 2.24) is 0 Å². The topological polar surface area (TPSA) is 43.1 Å². The van der Waals surface area contributed by atoms with E-state index < -0.39 is 10.8 Å². The number of benzene rings is 1. The first-order valence-corrected chi connectivity index (χ1v) is 5.76. The molecule has 2 N–H and O–H groups in total. The minimum atomic E-state index is -0.841. The minimum Gasteiger partial charge on any atom is -0.330 e. The monoisotopic (exact) mass is 197 g/mol. The first kappa shape index (κ1) is 10.4. The lowest BCUT2D eigenvalue weighted by atomic mass is 10.2. The van der Waals surface area contributed by atoms with Crippen LogP contribution in [0.1, 0.15) is 17.7 Å². The van der Waals surface area contributed by atoms with Crippen molar-refractivity contribution in [3.63, 3.8) is 0 Å². The Hall–Kier alpha value is -0.670. The summed E-state index contributed by atoms with van der Waals surface area (Å²) in [5, 5.41) is 0.0877. The Bertz CT molecular complexity index is 274. The Balaban J connectivity index is 2.68. The summed E-state index contributed by atoms with van der Waals surface area (Å²) in [5.41, 5.74) is 6.47. The predicted molar refractivity (Wildman–Crippen MR) is 56.9 cm³/mol. The molecule has 0 aliphatic rings. The molecule has 0 bridgehead atoms. The third-order valence-electron chi connectivity index (χ3n) is 1.98. The van der Waals surface area contributed by atoms with E-state index >= 15 is 0 Å². The summed E-state index contributed by atoms with van der Waals surface area (Å²) < 4.78 is 11.6. The van der Waals surface area contributed by atoms with E-state index in [9.17, 15) is 4.21 Å². The maximum Gasteiger partial charge on any atom is 0.0569 e. The molecule has 0 aliphatic carbocycles. The summed E-state index contributed by atoms with van der Waals surface area (Å²) >= 11 is 0. The van der Waals surface area contributed by atoms with Crippen molar-refractivity contribution in [3.8, 4) is 0 Å². The molecule has 0 saturated carbocycles. The van der Waals surface area contributed by atoms with E-state index in [4.69, 9.17) is 5.73 Å². The second-order valence-corrected chi connectivity index (χ2v) is 4.80. The molecule has 0 aliphatic heterocycles. The van der Waals surface area contributed by atoms with Crippen LogP contribution in [-0.2, 0) is 10.8 Å². The maximum atomic E-state index is 11.6. The lowest BCUT2D eigenvalue weighted by Gasteiger charge is -2.10. The number of hydrogen-bond donors (Lipinski definition) is 1. The fourth-order valence-corrected chi connectivity index (χ4v) is 2.22. The van der Waals surface area contributed by atoms with Gasteiger partial charge in [-0.3, -0.25) is 4.21 Å². The molecule has 0 aromatic heterocycles. The van der Waals surface area contributed by atoms with Gasteiger partial charge in [-0.15, -0.1) is 0 Å². The molecule has 0 saturated heterocycles. The highest BCUT2D eigenvalue weighted by atomic mass is 32.2. The summed E-state index contributed by atoms with van der Waals surface area (Å²) in [6, 6.07) is 9.89. The lowest BCUT2D eigenvalue weighted by Crippen LogP contribution is -2.14.